The van der Waals surface area contributed by atoms with Gasteiger partial charge in [0.2, 0.25) is 5.95 Å². The van der Waals surface area contributed by atoms with Crippen molar-refractivity contribution >= 4 is 23.4 Å². The first kappa shape index (κ1) is 17.9. The maximum Gasteiger partial charge on any atom is 0.260 e. The van der Waals surface area contributed by atoms with E-state index < -0.39 is 0 Å². The van der Waals surface area contributed by atoms with E-state index in [-0.39, 0.29) is 17.3 Å². The summed E-state index contributed by atoms with van der Waals surface area (Å²) in [6, 6.07) is 7.15. The van der Waals surface area contributed by atoms with Gasteiger partial charge in [-0.3, -0.25) is 4.79 Å². The van der Waals surface area contributed by atoms with E-state index in [4.69, 9.17) is 10.5 Å². The Labute approximate surface area is 153 Å². The topological polar surface area (TPSA) is 96.6 Å². The Bertz CT molecular complexity index is 757. The molecule has 0 unspecified atom stereocenters. The molecule has 8 nitrogen and oxygen atoms in total. The highest BCUT2D eigenvalue weighted by molar-refractivity contribution is 6.07. The lowest BCUT2D eigenvalue weighted by molar-refractivity contribution is 0.102. The van der Waals surface area contributed by atoms with E-state index in [0.717, 1.165) is 31.9 Å². The fourth-order valence-electron chi connectivity index (χ4n) is 2.72. The molecule has 3 N–H and O–H groups in total. The van der Waals surface area contributed by atoms with Crippen molar-refractivity contribution in [1.29, 1.82) is 0 Å². The van der Waals surface area contributed by atoms with E-state index in [2.05, 4.69) is 32.1 Å². The minimum absolute atomic E-state index is 0.178. The first-order chi connectivity index (χ1) is 12.6. The molecule has 8 heteroatoms. The normalized spacial score (nSPS) is 14.9. The predicted molar refractivity (Wildman–Crippen MR) is 102 cm³/mol. The van der Waals surface area contributed by atoms with Crippen LogP contribution in [-0.4, -0.2) is 60.6 Å². The summed E-state index contributed by atoms with van der Waals surface area (Å²) in [5.74, 6) is 1.16. The number of hydrogen-bond acceptors (Lipinski definition) is 7. The van der Waals surface area contributed by atoms with Gasteiger partial charge in [0.05, 0.1) is 6.61 Å². The lowest BCUT2D eigenvalue weighted by Gasteiger charge is -2.32. The summed E-state index contributed by atoms with van der Waals surface area (Å²) >= 11 is 0. The van der Waals surface area contributed by atoms with E-state index in [1.165, 1.54) is 6.20 Å². The van der Waals surface area contributed by atoms with Crippen LogP contribution in [0.25, 0.3) is 0 Å². The van der Waals surface area contributed by atoms with Crippen molar-refractivity contribution < 1.29 is 9.53 Å². The van der Waals surface area contributed by atoms with Crippen LogP contribution in [-0.2, 0) is 0 Å². The summed E-state index contributed by atoms with van der Waals surface area (Å²) in [6.07, 6.45) is 1.49. The number of rotatable bonds is 5. The highest BCUT2D eigenvalue weighted by Gasteiger charge is 2.19. The van der Waals surface area contributed by atoms with Crippen molar-refractivity contribution in [3.05, 3.63) is 36.0 Å². The Kier molecular flexibility index (Phi) is 5.52. The van der Waals surface area contributed by atoms with Crippen LogP contribution in [0, 0.1) is 0 Å². The van der Waals surface area contributed by atoms with Crippen molar-refractivity contribution in [2.24, 2.45) is 0 Å². The monoisotopic (exact) mass is 356 g/mol. The number of carbonyl (C=O) groups excluding carboxylic acids is 1. The molecule has 0 atom stereocenters. The molecule has 1 saturated heterocycles. The second-order valence-corrected chi connectivity index (χ2v) is 6.17. The first-order valence-corrected chi connectivity index (χ1v) is 8.67. The molecular weight excluding hydrogens is 332 g/mol. The van der Waals surface area contributed by atoms with Crippen molar-refractivity contribution in [2.75, 3.05) is 55.8 Å². The Morgan fingerprint density at radius 2 is 1.92 bits per heavy atom. The minimum Gasteiger partial charge on any atom is -0.494 e. The third-order valence-corrected chi connectivity index (χ3v) is 4.26. The average molecular weight is 356 g/mol. The number of piperazine rings is 1. The van der Waals surface area contributed by atoms with Crippen LogP contribution in [0.4, 0.5) is 17.5 Å². The smallest absolute Gasteiger partial charge is 0.260 e. The number of nitrogen functional groups attached to an aromatic ring is 1. The number of benzene rings is 1. The Morgan fingerprint density at radius 3 is 2.54 bits per heavy atom. The Morgan fingerprint density at radius 1 is 1.23 bits per heavy atom. The van der Waals surface area contributed by atoms with Gasteiger partial charge in [0, 0.05) is 38.1 Å². The van der Waals surface area contributed by atoms with Gasteiger partial charge in [-0.05, 0) is 38.2 Å². The van der Waals surface area contributed by atoms with Gasteiger partial charge < -0.3 is 25.6 Å². The number of nitrogens with zero attached hydrogens (tertiary/aromatic N) is 4. The summed E-state index contributed by atoms with van der Waals surface area (Å²) in [5.41, 5.74) is 6.92. The maximum atomic E-state index is 12.5. The number of likely N-dealkylation sites (N-methyl/N-ethyl adjacent to an activating group) is 1. The van der Waals surface area contributed by atoms with Gasteiger partial charge in [-0.2, -0.15) is 4.98 Å². The highest BCUT2D eigenvalue weighted by Crippen LogP contribution is 2.19. The fraction of sp³-hybridized carbons (Fsp3) is 0.389. The van der Waals surface area contributed by atoms with E-state index in [1.807, 2.05) is 6.92 Å². The lowest BCUT2D eigenvalue weighted by atomic mass is 10.2. The van der Waals surface area contributed by atoms with Gasteiger partial charge in [-0.15, -0.1) is 0 Å². The average Bonchev–Trinajstić information content (AvgIpc) is 2.64. The van der Waals surface area contributed by atoms with Crippen molar-refractivity contribution in [2.45, 2.75) is 6.92 Å². The van der Waals surface area contributed by atoms with Crippen LogP contribution in [0.1, 0.15) is 17.3 Å². The molecule has 26 heavy (non-hydrogen) atoms. The number of ether oxygens (including phenoxy) is 1. The van der Waals surface area contributed by atoms with Gasteiger partial charge >= 0.3 is 0 Å². The summed E-state index contributed by atoms with van der Waals surface area (Å²) < 4.78 is 5.39. The molecule has 2 aromatic rings. The van der Waals surface area contributed by atoms with E-state index in [9.17, 15) is 4.79 Å². The van der Waals surface area contributed by atoms with Gasteiger partial charge in [-0.1, -0.05) is 0 Å². The molecule has 1 aromatic heterocycles. The van der Waals surface area contributed by atoms with Gasteiger partial charge in [-0.25, -0.2) is 4.98 Å². The molecule has 1 amide bonds. The third-order valence-electron chi connectivity index (χ3n) is 4.26. The van der Waals surface area contributed by atoms with Crippen LogP contribution in [0.3, 0.4) is 0 Å². The molecule has 1 aliphatic heterocycles. The molecule has 1 aromatic carbocycles. The predicted octanol–water partition coefficient (Wildman–Crippen LogP) is 1.46. The number of aromatic nitrogens is 2. The van der Waals surface area contributed by atoms with Crippen LogP contribution in [0.15, 0.2) is 30.5 Å². The largest absolute Gasteiger partial charge is 0.494 e. The van der Waals surface area contributed by atoms with Crippen LogP contribution in [0.5, 0.6) is 5.75 Å². The van der Waals surface area contributed by atoms with E-state index in [0.29, 0.717) is 18.2 Å². The van der Waals surface area contributed by atoms with Gasteiger partial charge in [0.1, 0.15) is 17.1 Å². The zero-order valence-corrected chi connectivity index (χ0v) is 15.1. The maximum absolute atomic E-state index is 12.5. The minimum atomic E-state index is -0.336. The number of nitrogens with two attached hydrogens (primary N) is 1. The number of carbonyl (C=O) groups is 1. The molecule has 1 aliphatic rings. The molecule has 0 radical (unpaired) electrons. The van der Waals surface area contributed by atoms with Gasteiger partial charge in [0.25, 0.3) is 5.91 Å². The molecule has 3 rings (SSSR count). The van der Waals surface area contributed by atoms with E-state index >= 15 is 0 Å². The molecule has 1 fully saturated rings. The molecule has 0 bridgehead atoms. The zero-order valence-electron chi connectivity index (χ0n) is 15.1. The number of amides is 1. The summed E-state index contributed by atoms with van der Waals surface area (Å²) in [6.45, 7) is 6.09. The summed E-state index contributed by atoms with van der Waals surface area (Å²) in [5, 5.41) is 2.80. The zero-order chi connectivity index (χ0) is 18.5. The van der Waals surface area contributed by atoms with Gasteiger partial charge in [0.15, 0.2) is 0 Å². The molecular formula is C18H24N6O2. The molecule has 0 spiro atoms. The number of nitrogens with one attached hydrogen (secondary N) is 1. The second kappa shape index (κ2) is 8.01. The van der Waals surface area contributed by atoms with Crippen LogP contribution in [0.2, 0.25) is 0 Å². The third kappa shape index (κ3) is 4.20. The quantitative estimate of drug-likeness (QED) is 0.837. The Hall–Kier alpha value is -2.87. The molecule has 138 valence electrons. The number of hydrogen-bond donors (Lipinski definition) is 2. The molecule has 0 aliphatic carbocycles. The van der Waals surface area contributed by atoms with Crippen molar-refractivity contribution in [3.8, 4) is 5.75 Å². The first-order valence-electron chi connectivity index (χ1n) is 8.67. The fourth-order valence-corrected chi connectivity index (χ4v) is 2.72. The SMILES string of the molecule is CCOc1ccc(NC(=O)c2cnc(N3CCN(C)CC3)nc2N)cc1. The summed E-state index contributed by atoms with van der Waals surface area (Å²) in [4.78, 5) is 25.4. The number of anilines is 3. The lowest BCUT2D eigenvalue weighted by Crippen LogP contribution is -2.45. The standard InChI is InChI=1S/C18H24N6O2/c1-3-26-14-6-4-13(5-7-14)21-17(25)15-12-20-18(22-16(15)19)24-10-8-23(2)9-11-24/h4-7,12H,3,8-11H2,1-2H3,(H,21,25)(H2,19,20,22). The summed E-state index contributed by atoms with van der Waals surface area (Å²) in [7, 11) is 2.08. The molecule has 0 saturated carbocycles. The molecule has 2 heterocycles. The Balaban J connectivity index is 1.67. The second-order valence-electron chi connectivity index (χ2n) is 6.17. The highest BCUT2D eigenvalue weighted by atomic mass is 16.5. The van der Waals surface area contributed by atoms with Crippen molar-refractivity contribution in [3.63, 3.8) is 0 Å². The van der Waals surface area contributed by atoms with E-state index in [1.54, 1.807) is 24.3 Å². The van der Waals surface area contributed by atoms with Crippen LogP contribution < -0.4 is 20.7 Å². The van der Waals surface area contributed by atoms with Crippen LogP contribution >= 0.6 is 0 Å². The van der Waals surface area contributed by atoms with Crippen molar-refractivity contribution in [1.82, 2.24) is 14.9 Å².